The molecule has 1 unspecified atom stereocenters. The Bertz CT molecular complexity index is 849. The molecule has 2 aromatic rings. The first-order chi connectivity index (χ1) is 15.7. The Morgan fingerprint density at radius 3 is 2.24 bits per heavy atom. The molecule has 4 rings (SSSR count). The van der Waals surface area contributed by atoms with E-state index in [4.69, 9.17) is 0 Å². The van der Waals surface area contributed by atoms with E-state index in [1.165, 1.54) is 49.5 Å². The molecule has 0 radical (unpaired) electrons. The van der Waals surface area contributed by atoms with Gasteiger partial charge in [-0.3, -0.25) is 9.89 Å². The molecule has 7 heteroatoms. The van der Waals surface area contributed by atoms with E-state index < -0.39 is 0 Å². The molecule has 2 aromatic carbocycles. The van der Waals surface area contributed by atoms with Crippen LogP contribution in [0.15, 0.2) is 59.6 Å². The fourth-order valence-electron chi connectivity index (χ4n) is 4.61. The van der Waals surface area contributed by atoms with Gasteiger partial charge in [0.05, 0.1) is 0 Å². The number of hydrogen-bond acceptors (Lipinski definition) is 4. The van der Waals surface area contributed by atoms with Crippen LogP contribution in [-0.2, 0) is 13.1 Å². The molecule has 0 aromatic heterocycles. The lowest BCUT2D eigenvalue weighted by atomic mass is 10.1. The molecule has 2 heterocycles. The minimum absolute atomic E-state index is 0. The average Bonchev–Trinajstić information content (AvgIpc) is 3.32. The smallest absolute Gasteiger partial charge is 0.191 e. The van der Waals surface area contributed by atoms with Crippen LogP contribution in [0.5, 0.6) is 0 Å². The first kappa shape index (κ1) is 25.8. The summed E-state index contributed by atoms with van der Waals surface area (Å²) in [6, 6.07) is 20.1. The Kier molecular flexibility index (Phi) is 10.3. The summed E-state index contributed by atoms with van der Waals surface area (Å²) in [6.07, 6.45) is 1.12. The van der Waals surface area contributed by atoms with Crippen molar-refractivity contribution in [2.24, 2.45) is 4.99 Å². The lowest BCUT2D eigenvalue weighted by Crippen LogP contribution is -2.45. The molecule has 2 saturated heterocycles. The molecule has 2 aliphatic rings. The number of aliphatic imine (C=N–C) groups is 1. The monoisotopic (exact) mass is 562 g/mol. The summed E-state index contributed by atoms with van der Waals surface area (Å²) in [6.45, 7) is 12.0. The number of piperazine rings is 1. The quantitative estimate of drug-likeness (QED) is 0.308. The molecular formula is C26H39IN6. The summed E-state index contributed by atoms with van der Waals surface area (Å²) >= 11 is 0. The maximum Gasteiger partial charge on any atom is 0.191 e. The molecule has 180 valence electrons. The zero-order valence-corrected chi connectivity index (χ0v) is 22.4. The van der Waals surface area contributed by atoms with Crippen molar-refractivity contribution >= 4 is 35.6 Å². The summed E-state index contributed by atoms with van der Waals surface area (Å²) in [5.74, 6) is 0.878. The van der Waals surface area contributed by atoms with Crippen LogP contribution in [-0.4, -0.2) is 74.7 Å². The highest BCUT2D eigenvalue weighted by atomic mass is 127. The van der Waals surface area contributed by atoms with Crippen molar-refractivity contribution in [2.45, 2.75) is 32.5 Å². The zero-order valence-electron chi connectivity index (χ0n) is 20.0. The van der Waals surface area contributed by atoms with Crippen LogP contribution in [0.2, 0.25) is 0 Å². The molecule has 1 atom stereocenters. The fraction of sp³-hybridized carbons (Fsp3) is 0.500. The Hall–Kier alpha value is -1.84. The van der Waals surface area contributed by atoms with E-state index in [1.54, 1.807) is 0 Å². The van der Waals surface area contributed by atoms with Gasteiger partial charge in [-0.2, -0.15) is 0 Å². The van der Waals surface area contributed by atoms with Crippen LogP contribution >= 0.6 is 24.0 Å². The fourth-order valence-corrected chi connectivity index (χ4v) is 4.61. The highest BCUT2D eigenvalue weighted by Gasteiger charge is 2.23. The van der Waals surface area contributed by atoms with Gasteiger partial charge in [0.2, 0.25) is 0 Å². The number of nitrogens with one attached hydrogen (secondary N) is 2. The highest BCUT2D eigenvalue weighted by Crippen LogP contribution is 2.19. The Balaban J connectivity index is 0.00000306. The standard InChI is InChI=1S/C26H38N6.HI/c1-3-30-15-17-31(18-16-30)20-23-11-9-22(10-12-23)19-28-26(27-2)29-24-13-14-32(21-24)25-7-5-4-6-8-25;/h4-12,24H,3,13-21H2,1-2H3,(H2,27,28,29);1H. The van der Waals surface area contributed by atoms with E-state index in [2.05, 4.69) is 91.8 Å². The third-order valence-corrected chi connectivity index (χ3v) is 6.68. The van der Waals surface area contributed by atoms with E-state index in [0.717, 1.165) is 38.6 Å². The molecule has 0 spiro atoms. The van der Waals surface area contributed by atoms with Crippen LogP contribution in [0.25, 0.3) is 0 Å². The number of para-hydroxylation sites is 1. The van der Waals surface area contributed by atoms with Crippen molar-refractivity contribution in [1.29, 1.82) is 0 Å². The molecule has 2 N–H and O–H groups in total. The maximum absolute atomic E-state index is 4.44. The minimum atomic E-state index is 0. The summed E-state index contributed by atoms with van der Waals surface area (Å²) in [7, 11) is 1.85. The van der Waals surface area contributed by atoms with Crippen LogP contribution < -0.4 is 15.5 Å². The normalized spacial score (nSPS) is 19.9. The second kappa shape index (κ2) is 13.2. The summed E-state index contributed by atoms with van der Waals surface area (Å²) in [5.41, 5.74) is 3.98. The van der Waals surface area contributed by atoms with Gasteiger partial charge in [-0.05, 0) is 36.2 Å². The Morgan fingerprint density at radius 2 is 1.58 bits per heavy atom. The molecule has 2 aliphatic heterocycles. The van der Waals surface area contributed by atoms with Crippen LogP contribution in [0.1, 0.15) is 24.5 Å². The molecule has 0 aliphatic carbocycles. The van der Waals surface area contributed by atoms with E-state index in [9.17, 15) is 0 Å². The van der Waals surface area contributed by atoms with Gasteiger partial charge in [-0.25, -0.2) is 0 Å². The minimum Gasteiger partial charge on any atom is -0.369 e. The summed E-state index contributed by atoms with van der Waals surface area (Å²) < 4.78 is 0. The number of halogens is 1. The van der Waals surface area contributed by atoms with Crippen LogP contribution in [0.4, 0.5) is 5.69 Å². The van der Waals surface area contributed by atoms with Crippen molar-refractivity contribution in [1.82, 2.24) is 20.4 Å². The maximum atomic E-state index is 4.44. The van der Waals surface area contributed by atoms with Gasteiger partial charge in [-0.1, -0.05) is 49.4 Å². The summed E-state index contributed by atoms with van der Waals surface area (Å²) in [4.78, 5) is 12.0. The first-order valence-electron chi connectivity index (χ1n) is 12.0. The van der Waals surface area contributed by atoms with E-state index >= 15 is 0 Å². The second-order valence-electron chi connectivity index (χ2n) is 8.86. The highest BCUT2D eigenvalue weighted by molar-refractivity contribution is 14.0. The molecule has 6 nitrogen and oxygen atoms in total. The van der Waals surface area contributed by atoms with Crippen molar-refractivity contribution in [3.05, 3.63) is 65.7 Å². The lowest BCUT2D eigenvalue weighted by molar-refractivity contribution is 0.132. The predicted molar refractivity (Wildman–Crippen MR) is 150 cm³/mol. The van der Waals surface area contributed by atoms with Gasteiger partial charge in [0.25, 0.3) is 0 Å². The number of rotatable bonds is 7. The molecule has 0 amide bonds. The second-order valence-corrected chi connectivity index (χ2v) is 8.86. The number of anilines is 1. The number of nitrogens with zero attached hydrogens (tertiary/aromatic N) is 4. The van der Waals surface area contributed by atoms with Crippen molar-refractivity contribution in [2.75, 3.05) is 57.8 Å². The van der Waals surface area contributed by atoms with Gasteiger partial charge < -0.3 is 20.4 Å². The van der Waals surface area contributed by atoms with E-state index in [1.807, 2.05) is 7.05 Å². The van der Waals surface area contributed by atoms with Crippen LogP contribution in [0.3, 0.4) is 0 Å². The van der Waals surface area contributed by atoms with Crippen LogP contribution in [0, 0.1) is 0 Å². The predicted octanol–water partition coefficient (Wildman–Crippen LogP) is 3.39. The topological polar surface area (TPSA) is 46.1 Å². The lowest BCUT2D eigenvalue weighted by Gasteiger charge is -2.34. The summed E-state index contributed by atoms with van der Waals surface area (Å²) in [5, 5.41) is 7.08. The third-order valence-electron chi connectivity index (χ3n) is 6.68. The number of benzene rings is 2. The third kappa shape index (κ3) is 7.58. The van der Waals surface area contributed by atoms with E-state index in [0.29, 0.717) is 6.04 Å². The van der Waals surface area contributed by atoms with E-state index in [-0.39, 0.29) is 24.0 Å². The van der Waals surface area contributed by atoms with Gasteiger partial charge in [0.15, 0.2) is 5.96 Å². The SMILES string of the molecule is CCN1CCN(Cc2ccc(CNC(=NC)NC3CCN(c4ccccc4)C3)cc2)CC1.I. The largest absolute Gasteiger partial charge is 0.369 e. The molecular weight excluding hydrogens is 523 g/mol. The zero-order chi connectivity index (χ0) is 22.2. The van der Waals surface area contributed by atoms with Gasteiger partial charge in [0.1, 0.15) is 0 Å². The molecule has 33 heavy (non-hydrogen) atoms. The van der Waals surface area contributed by atoms with Gasteiger partial charge in [-0.15, -0.1) is 24.0 Å². The average molecular weight is 563 g/mol. The number of likely N-dealkylation sites (N-methyl/N-ethyl adjacent to an activating group) is 1. The van der Waals surface area contributed by atoms with Gasteiger partial charge in [0, 0.05) is 71.1 Å². The van der Waals surface area contributed by atoms with Crippen molar-refractivity contribution < 1.29 is 0 Å². The van der Waals surface area contributed by atoms with Crippen molar-refractivity contribution in [3.8, 4) is 0 Å². The molecule has 0 bridgehead atoms. The Morgan fingerprint density at radius 1 is 0.909 bits per heavy atom. The number of hydrogen-bond donors (Lipinski definition) is 2. The Labute approximate surface area is 216 Å². The van der Waals surface area contributed by atoms with Crippen molar-refractivity contribution in [3.63, 3.8) is 0 Å². The first-order valence-corrected chi connectivity index (χ1v) is 12.0. The molecule has 0 saturated carbocycles. The molecule has 2 fully saturated rings. The van der Waals surface area contributed by atoms with Gasteiger partial charge >= 0.3 is 0 Å². The number of guanidine groups is 1.